The van der Waals surface area contributed by atoms with Crippen molar-refractivity contribution in [2.24, 2.45) is 0 Å². The molecule has 0 bridgehead atoms. The average Bonchev–Trinajstić information content (AvgIpc) is 3.11. The van der Waals surface area contributed by atoms with Crippen LogP contribution in [0.1, 0.15) is 42.1 Å². The molecule has 144 valence electrons. The Bertz CT molecular complexity index is 954. The lowest BCUT2D eigenvalue weighted by atomic mass is 9.93. The van der Waals surface area contributed by atoms with Crippen LogP contribution in [0, 0.1) is 28.0 Å². The monoisotopic (exact) mass is 399 g/mol. The Hall–Kier alpha value is -2.16. The summed E-state index contributed by atoms with van der Waals surface area (Å²) in [5, 5.41) is 2.92. The zero-order valence-electron chi connectivity index (χ0n) is 14.3. The van der Waals surface area contributed by atoms with Crippen molar-refractivity contribution in [3.63, 3.8) is 0 Å². The molecule has 1 aliphatic carbocycles. The fourth-order valence-corrected chi connectivity index (χ4v) is 4.09. The van der Waals surface area contributed by atoms with Gasteiger partial charge in [-0.25, -0.2) is 17.6 Å². The van der Waals surface area contributed by atoms with Gasteiger partial charge in [0.25, 0.3) is 0 Å². The molecule has 1 aromatic carbocycles. The van der Waals surface area contributed by atoms with E-state index in [4.69, 9.17) is 12.2 Å². The third kappa shape index (κ3) is 3.18. The summed E-state index contributed by atoms with van der Waals surface area (Å²) in [6, 6.07) is 0.397. The molecule has 2 aromatic rings. The highest BCUT2D eigenvalue weighted by molar-refractivity contribution is 7.71. The Morgan fingerprint density at radius 1 is 1.22 bits per heavy atom. The molecule has 1 fully saturated rings. The van der Waals surface area contributed by atoms with Gasteiger partial charge >= 0.3 is 0 Å². The number of carbonyl (C=O) groups is 1. The summed E-state index contributed by atoms with van der Waals surface area (Å²) in [4.78, 5) is 15.1. The minimum absolute atomic E-state index is 0.0671. The van der Waals surface area contributed by atoms with E-state index in [1.165, 1.54) is 0 Å². The average molecular weight is 399 g/mol. The minimum atomic E-state index is -1.43. The predicted molar refractivity (Wildman–Crippen MR) is 91.8 cm³/mol. The Morgan fingerprint density at radius 2 is 1.89 bits per heavy atom. The summed E-state index contributed by atoms with van der Waals surface area (Å²) in [7, 11) is 0. The van der Waals surface area contributed by atoms with Gasteiger partial charge in [-0.15, -0.1) is 0 Å². The molecular weight excluding hydrogens is 382 g/mol. The number of halogens is 4. The highest BCUT2D eigenvalue weighted by Crippen LogP contribution is 2.36. The Balaban J connectivity index is 1.59. The van der Waals surface area contributed by atoms with Crippen LogP contribution in [0.15, 0.2) is 6.07 Å². The van der Waals surface area contributed by atoms with Gasteiger partial charge in [0.15, 0.2) is 28.0 Å². The summed E-state index contributed by atoms with van der Waals surface area (Å²) in [6.07, 6.45) is 3.22. The second kappa shape index (κ2) is 6.78. The summed E-state index contributed by atoms with van der Waals surface area (Å²) in [5.41, 5.74) is 0.588. The number of nitrogens with one attached hydrogen (secondary N) is 2. The van der Waals surface area contributed by atoms with E-state index in [9.17, 15) is 22.4 Å². The number of imidazole rings is 1. The first kappa shape index (κ1) is 18.2. The summed E-state index contributed by atoms with van der Waals surface area (Å²) < 4.78 is 57.3. The van der Waals surface area contributed by atoms with Crippen molar-refractivity contribution in [1.29, 1.82) is 0 Å². The number of aromatic amines is 1. The van der Waals surface area contributed by atoms with Crippen molar-refractivity contribution >= 4 is 18.1 Å². The molecule has 0 spiro atoms. The van der Waals surface area contributed by atoms with Gasteiger partial charge in [0.2, 0.25) is 5.91 Å². The standard InChI is InChI=1S/C18H17F4N3OS/c19-10-5-11(20)17(22)15(16(10)21)8-4-13-12(24-18(27)25(13)7-8)6-14(26)23-9-2-1-3-9/h5,8-9H,1-4,6-7H2,(H,23,26)(H,24,27)/t8-/m1/s1. The number of carbonyl (C=O) groups excluding carboxylic acids is 1. The van der Waals surface area contributed by atoms with Crippen molar-refractivity contribution in [3.8, 4) is 0 Å². The second-order valence-corrected chi connectivity index (χ2v) is 7.51. The van der Waals surface area contributed by atoms with E-state index in [-0.39, 0.29) is 37.4 Å². The molecule has 4 rings (SSSR count). The summed E-state index contributed by atoms with van der Waals surface area (Å²) in [5.74, 6) is -6.57. The largest absolute Gasteiger partial charge is 0.353 e. The molecule has 2 heterocycles. The molecule has 9 heteroatoms. The molecule has 0 radical (unpaired) electrons. The van der Waals surface area contributed by atoms with Crippen molar-refractivity contribution in [2.45, 2.75) is 50.6 Å². The van der Waals surface area contributed by atoms with Gasteiger partial charge < -0.3 is 14.9 Å². The Kier molecular flexibility index (Phi) is 4.57. The number of hydrogen-bond donors (Lipinski definition) is 2. The maximum absolute atomic E-state index is 14.1. The fourth-order valence-electron chi connectivity index (χ4n) is 3.78. The molecule has 0 unspecified atom stereocenters. The maximum Gasteiger partial charge on any atom is 0.226 e. The van der Waals surface area contributed by atoms with Gasteiger partial charge in [0.05, 0.1) is 6.42 Å². The molecule has 27 heavy (non-hydrogen) atoms. The van der Waals surface area contributed by atoms with Crippen LogP contribution in [-0.4, -0.2) is 21.5 Å². The van der Waals surface area contributed by atoms with Crippen LogP contribution < -0.4 is 5.32 Å². The molecule has 2 N–H and O–H groups in total. The predicted octanol–water partition coefficient (Wildman–Crippen LogP) is 3.65. The summed E-state index contributed by atoms with van der Waals surface area (Å²) >= 11 is 5.23. The highest BCUT2D eigenvalue weighted by Gasteiger charge is 2.33. The zero-order chi connectivity index (χ0) is 19.3. The minimum Gasteiger partial charge on any atom is -0.353 e. The highest BCUT2D eigenvalue weighted by atomic mass is 32.1. The van der Waals surface area contributed by atoms with Crippen LogP contribution in [-0.2, 0) is 24.2 Å². The van der Waals surface area contributed by atoms with Crippen LogP contribution in [0.2, 0.25) is 0 Å². The van der Waals surface area contributed by atoms with E-state index in [1.807, 2.05) is 0 Å². The fraction of sp³-hybridized carbons (Fsp3) is 0.444. The Morgan fingerprint density at radius 3 is 2.48 bits per heavy atom. The molecule has 1 aromatic heterocycles. The number of fused-ring (bicyclic) bond motifs is 1. The third-order valence-corrected chi connectivity index (χ3v) is 5.70. The first-order chi connectivity index (χ1) is 12.8. The number of amides is 1. The number of H-pyrrole nitrogens is 1. The smallest absolute Gasteiger partial charge is 0.226 e. The number of nitrogens with zero attached hydrogens (tertiary/aromatic N) is 1. The molecule has 0 saturated heterocycles. The van der Waals surface area contributed by atoms with Crippen LogP contribution >= 0.6 is 12.2 Å². The van der Waals surface area contributed by atoms with E-state index < -0.39 is 34.8 Å². The second-order valence-electron chi connectivity index (χ2n) is 7.12. The number of hydrogen-bond acceptors (Lipinski definition) is 2. The lowest BCUT2D eigenvalue weighted by Gasteiger charge is -2.26. The zero-order valence-corrected chi connectivity index (χ0v) is 15.1. The first-order valence-corrected chi connectivity index (χ1v) is 9.18. The topological polar surface area (TPSA) is 49.8 Å². The van der Waals surface area contributed by atoms with Crippen molar-refractivity contribution in [3.05, 3.63) is 51.1 Å². The normalized spacial score (nSPS) is 19.0. The molecule has 1 saturated carbocycles. The van der Waals surface area contributed by atoms with E-state index in [2.05, 4.69) is 10.3 Å². The SMILES string of the molecule is O=C(Cc1[nH]c(=S)n2c1C[C@@H](c1c(F)c(F)cc(F)c1F)C2)NC1CCC1. The van der Waals surface area contributed by atoms with Crippen LogP contribution in [0.3, 0.4) is 0 Å². The first-order valence-electron chi connectivity index (χ1n) is 8.78. The van der Waals surface area contributed by atoms with Crippen molar-refractivity contribution < 1.29 is 22.4 Å². The molecule has 4 nitrogen and oxygen atoms in total. The van der Waals surface area contributed by atoms with Crippen LogP contribution in [0.25, 0.3) is 0 Å². The van der Waals surface area contributed by atoms with Gasteiger partial charge in [-0.05, 0) is 37.9 Å². The molecule has 1 atom stereocenters. The van der Waals surface area contributed by atoms with Gasteiger partial charge in [0.1, 0.15) is 0 Å². The lowest BCUT2D eigenvalue weighted by Crippen LogP contribution is -2.40. The van der Waals surface area contributed by atoms with Gasteiger partial charge in [-0.2, -0.15) is 0 Å². The third-order valence-electron chi connectivity index (χ3n) is 5.38. The van der Waals surface area contributed by atoms with E-state index >= 15 is 0 Å². The van der Waals surface area contributed by atoms with Crippen molar-refractivity contribution in [1.82, 2.24) is 14.9 Å². The quantitative estimate of drug-likeness (QED) is 0.468. The van der Waals surface area contributed by atoms with Crippen LogP contribution in [0.5, 0.6) is 0 Å². The lowest BCUT2D eigenvalue weighted by molar-refractivity contribution is -0.121. The molecule has 2 aliphatic rings. The molecule has 1 aliphatic heterocycles. The van der Waals surface area contributed by atoms with Crippen LogP contribution in [0.4, 0.5) is 17.6 Å². The molecule has 1 amide bonds. The number of rotatable bonds is 4. The van der Waals surface area contributed by atoms with E-state index in [1.54, 1.807) is 4.57 Å². The van der Waals surface area contributed by atoms with Gasteiger partial charge in [-0.1, -0.05) is 0 Å². The van der Waals surface area contributed by atoms with E-state index in [0.717, 1.165) is 19.3 Å². The maximum atomic E-state index is 14.1. The number of benzene rings is 1. The number of aromatic nitrogens is 2. The molecular formula is C18H17F4N3OS. The van der Waals surface area contributed by atoms with Gasteiger partial charge in [0, 0.05) is 41.5 Å². The Labute approximate surface area is 157 Å². The van der Waals surface area contributed by atoms with Gasteiger partial charge in [-0.3, -0.25) is 4.79 Å². The summed E-state index contributed by atoms with van der Waals surface area (Å²) in [6.45, 7) is 0.0889. The van der Waals surface area contributed by atoms with E-state index in [0.29, 0.717) is 16.2 Å². The van der Waals surface area contributed by atoms with Crippen molar-refractivity contribution in [2.75, 3.05) is 0 Å².